The van der Waals surface area contributed by atoms with Crippen LogP contribution < -0.4 is 5.73 Å². The normalized spacial score (nSPS) is 10.9. The summed E-state index contributed by atoms with van der Waals surface area (Å²) in [6, 6.07) is 21.5. The molecule has 5 nitrogen and oxygen atoms in total. The van der Waals surface area contributed by atoms with Crippen LogP contribution >= 0.6 is 15.9 Å². The number of fused-ring (bicyclic) bond motifs is 1. The molecule has 0 aliphatic rings. The second kappa shape index (κ2) is 6.14. The van der Waals surface area contributed by atoms with Crippen molar-refractivity contribution in [2.24, 2.45) is 5.73 Å². The van der Waals surface area contributed by atoms with Gasteiger partial charge in [0.05, 0.1) is 11.3 Å². The van der Waals surface area contributed by atoms with Crippen molar-refractivity contribution < 1.29 is 0 Å². The average Bonchev–Trinajstić information content (AvgIpc) is 3.06. The van der Waals surface area contributed by atoms with E-state index >= 15 is 0 Å². The van der Waals surface area contributed by atoms with Gasteiger partial charge in [-0.15, -0.1) is 5.10 Å². The lowest BCUT2D eigenvalue weighted by Crippen LogP contribution is -2.13. The standard InChI is InChI=1S/C19H14BrN5/c20-14-8-4-7-13(11-14)16-10-9-15(17(21)22)19-23-18(24-25(16)19)12-5-2-1-3-6-12/h1-11H,(H3,21,22). The summed E-state index contributed by atoms with van der Waals surface area (Å²) >= 11 is 3.50. The number of nitrogens with two attached hydrogens (primary N) is 1. The summed E-state index contributed by atoms with van der Waals surface area (Å²) in [5, 5.41) is 12.5. The monoisotopic (exact) mass is 391 g/mol. The number of benzene rings is 2. The maximum atomic E-state index is 7.83. The van der Waals surface area contributed by atoms with Crippen molar-refractivity contribution in [3.63, 3.8) is 0 Å². The minimum Gasteiger partial charge on any atom is -0.384 e. The van der Waals surface area contributed by atoms with E-state index in [-0.39, 0.29) is 5.84 Å². The van der Waals surface area contributed by atoms with E-state index in [1.807, 2.05) is 66.7 Å². The van der Waals surface area contributed by atoms with Gasteiger partial charge >= 0.3 is 0 Å². The molecule has 0 saturated carbocycles. The Kier molecular flexibility index (Phi) is 3.82. The largest absolute Gasteiger partial charge is 0.384 e. The molecule has 2 aromatic carbocycles. The van der Waals surface area contributed by atoms with Crippen LogP contribution in [-0.2, 0) is 0 Å². The van der Waals surface area contributed by atoms with Crippen LogP contribution in [0.25, 0.3) is 28.3 Å². The van der Waals surface area contributed by atoms with Gasteiger partial charge in [-0.05, 0) is 24.3 Å². The van der Waals surface area contributed by atoms with Crippen LogP contribution in [0.3, 0.4) is 0 Å². The van der Waals surface area contributed by atoms with E-state index in [9.17, 15) is 0 Å². The van der Waals surface area contributed by atoms with Crippen LogP contribution in [0.4, 0.5) is 0 Å². The van der Waals surface area contributed by atoms with Gasteiger partial charge in [0.2, 0.25) is 0 Å². The first kappa shape index (κ1) is 15.5. The molecule has 122 valence electrons. The summed E-state index contributed by atoms with van der Waals surface area (Å²) in [7, 11) is 0. The Balaban J connectivity index is 2.01. The Hall–Kier alpha value is -2.99. The summed E-state index contributed by atoms with van der Waals surface area (Å²) in [6.07, 6.45) is 0. The number of rotatable bonds is 3. The van der Waals surface area contributed by atoms with Gasteiger partial charge in [0.15, 0.2) is 11.5 Å². The zero-order valence-electron chi connectivity index (χ0n) is 13.1. The molecule has 0 unspecified atom stereocenters. The molecule has 4 aromatic rings. The lowest BCUT2D eigenvalue weighted by molar-refractivity contribution is 0.972. The van der Waals surface area contributed by atoms with E-state index in [4.69, 9.17) is 11.1 Å². The minimum absolute atomic E-state index is 0.0298. The van der Waals surface area contributed by atoms with Gasteiger partial charge in [-0.2, -0.15) is 0 Å². The van der Waals surface area contributed by atoms with E-state index in [1.165, 1.54) is 0 Å². The first-order valence-electron chi connectivity index (χ1n) is 7.69. The zero-order valence-corrected chi connectivity index (χ0v) is 14.7. The molecule has 0 amide bonds. The molecule has 0 fully saturated rings. The highest BCUT2D eigenvalue weighted by Gasteiger charge is 2.15. The maximum Gasteiger partial charge on any atom is 0.182 e. The van der Waals surface area contributed by atoms with Gasteiger partial charge in [0, 0.05) is 15.6 Å². The van der Waals surface area contributed by atoms with E-state index in [0.717, 1.165) is 21.3 Å². The summed E-state index contributed by atoms with van der Waals surface area (Å²) in [5.41, 5.74) is 9.67. The fraction of sp³-hybridized carbons (Fsp3) is 0. The highest BCUT2D eigenvalue weighted by atomic mass is 79.9. The molecule has 2 aromatic heterocycles. The molecule has 0 saturated heterocycles. The minimum atomic E-state index is -0.0298. The van der Waals surface area contributed by atoms with Crippen LogP contribution in [0, 0.1) is 5.41 Å². The Bertz CT molecular complexity index is 1090. The molecular formula is C19H14BrN5. The number of hydrogen-bond donors (Lipinski definition) is 2. The topological polar surface area (TPSA) is 80.1 Å². The average molecular weight is 392 g/mol. The number of amidine groups is 1. The summed E-state index contributed by atoms with van der Waals surface area (Å²) in [6.45, 7) is 0. The lowest BCUT2D eigenvalue weighted by atomic mass is 10.1. The van der Waals surface area contributed by atoms with Crippen molar-refractivity contribution in [2.75, 3.05) is 0 Å². The quantitative estimate of drug-likeness (QED) is 0.407. The fourth-order valence-corrected chi connectivity index (χ4v) is 3.15. The highest BCUT2D eigenvalue weighted by molar-refractivity contribution is 9.10. The third kappa shape index (κ3) is 2.81. The number of nitrogens with zero attached hydrogens (tertiary/aromatic N) is 3. The Labute approximate surface area is 152 Å². The van der Waals surface area contributed by atoms with E-state index in [1.54, 1.807) is 4.52 Å². The molecule has 3 N–H and O–H groups in total. The van der Waals surface area contributed by atoms with E-state index in [0.29, 0.717) is 17.0 Å². The molecule has 2 heterocycles. The van der Waals surface area contributed by atoms with Crippen LogP contribution in [0.5, 0.6) is 0 Å². The number of nitrogens with one attached hydrogen (secondary N) is 1. The fourth-order valence-electron chi connectivity index (χ4n) is 2.75. The number of pyridine rings is 1. The van der Waals surface area contributed by atoms with Gasteiger partial charge in [0.1, 0.15) is 5.84 Å². The molecule has 0 aliphatic heterocycles. The number of aromatic nitrogens is 3. The lowest BCUT2D eigenvalue weighted by Gasteiger charge is -2.07. The smallest absolute Gasteiger partial charge is 0.182 e. The summed E-state index contributed by atoms with van der Waals surface area (Å²) < 4.78 is 2.73. The van der Waals surface area contributed by atoms with Crippen molar-refractivity contribution in [3.05, 3.63) is 76.8 Å². The highest BCUT2D eigenvalue weighted by Crippen LogP contribution is 2.26. The summed E-state index contributed by atoms with van der Waals surface area (Å²) in [5.74, 6) is 0.573. The Morgan fingerprint density at radius 1 is 0.960 bits per heavy atom. The molecule has 6 heteroatoms. The predicted octanol–water partition coefficient (Wildman–Crippen LogP) is 4.11. The maximum absolute atomic E-state index is 7.83. The second-order valence-corrected chi connectivity index (χ2v) is 6.51. The number of hydrogen-bond acceptors (Lipinski definition) is 3. The van der Waals surface area contributed by atoms with Crippen LogP contribution in [0.2, 0.25) is 0 Å². The molecule has 25 heavy (non-hydrogen) atoms. The molecule has 0 radical (unpaired) electrons. The first-order chi connectivity index (χ1) is 12.1. The Morgan fingerprint density at radius 3 is 2.44 bits per heavy atom. The van der Waals surface area contributed by atoms with Gasteiger partial charge in [-0.25, -0.2) is 9.50 Å². The van der Waals surface area contributed by atoms with Crippen molar-refractivity contribution in [3.8, 4) is 22.6 Å². The number of halogens is 1. The SMILES string of the molecule is N=C(N)c1ccc(-c2cccc(Br)c2)n2nc(-c3ccccc3)nc12. The number of nitrogen functional groups attached to an aromatic ring is 1. The van der Waals surface area contributed by atoms with Crippen molar-refractivity contribution in [1.82, 2.24) is 14.6 Å². The van der Waals surface area contributed by atoms with Crippen molar-refractivity contribution >= 4 is 27.4 Å². The van der Waals surface area contributed by atoms with Crippen LogP contribution in [0.15, 0.2) is 71.2 Å². The second-order valence-electron chi connectivity index (χ2n) is 5.59. The van der Waals surface area contributed by atoms with Crippen LogP contribution in [0.1, 0.15) is 5.56 Å². The molecule has 4 rings (SSSR count). The van der Waals surface area contributed by atoms with Crippen LogP contribution in [-0.4, -0.2) is 20.4 Å². The predicted molar refractivity (Wildman–Crippen MR) is 103 cm³/mol. The third-order valence-corrected chi connectivity index (χ3v) is 4.42. The van der Waals surface area contributed by atoms with E-state index < -0.39 is 0 Å². The van der Waals surface area contributed by atoms with Crippen molar-refractivity contribution in [2.45, 2.75) is 0 Å². The van der Waals surface area contributed by atoms with Crippen molar-refractivity contribution in [1.29, 1.82) is 5.41 Å². The van der Waals surface area contributed by atoms with Gasteiger partial charge in [0.25, 0.3) is 0 Å². The molecule has 0 spiro atoms. The summed E-state index contributed by atoms with van der Waals surface area (Å²) in [4.78, 5) is 4.63. The van der Waals surface area contributed by atoms with Gasteiger partial charge < -0.3 is 5.73 Å². The first-order valence-corrected chi connectivity index (χ1v) is 8.48. The molecule has 0 aliphatic carbocycles. The Morgan fingerprint density at radius 2 is 1.72 bits per heavy atom. The van der Waals surface area contributed by atoms with Gasteiger partial charge in [-0.3, -0.25) is 5.41 Å². The zero-order chi connectivity index (χ0) is 17.4. The van der Waals surface area contributed by atoms with E-state index in [2.05, 4.69) is 26.0 Å². The third-order valence-electron chi connectivity index (χ3n) is 3.93. The molecule has 0 atom stereocenters. The molecular weight excluding hydrogens is 378 g/mol. The molecule has 0 bridgehead atoms. The van der Waals surface area contributed by atoms with Gasteiger partial charge in [-0.1, -0.05) is 58.4 Å².